The van der Waals surface area contributed by atoms with E-state index in [0.29, 0.717) is 0 Å². The predicted molar refractivity (Wildman–Crippen MR) is 67.3 cm³/mol. The average molecular weight is 269 g/mol. The van der Waals surface area contributed by atoms with Gasteiger partial charge in [-0.25, -0.2) is 8.78 Å². The standard InChI is InChI=1S/C14H17F2NO2/c1-9(2)12(18)7-13(19)17(3)8-10-5-4-6-11(15)14(10)16/h4-6,9H,7-8H2,1-3H3. The summed E-state index contributed by atoms with van der Waals surface area (Å²) in [6.07, 6.45) is -0.217. The van der Waals surface area contributed by atoms with Crippen molar-refractivity contribution in [2.24, 2.45) is 5.92 Å². The van der Waals surface area contributed by atoms with Gasteiger partial charge in [0.15, 0.2) is 11.6 Å². The smallest absolute Gasteiger partial charge is 0.230 e. The Kier molecular flexibility index (Phi) is 5.15. The fraction of sp³-hybridized carbons (Fsp3) is 0.429. The number of carbonyl (C=O) groups excluding carboxylic acids is 2. The maximum Gasteiger partial charge on any atom is 0.230 e. The molecule has 0 bridgehead atoms. The van der Waals surface area contributed by atoms with Crippen molar-refractivity contribution in [3.05, 3.63) is 35.4 Å². The normalized spacial score (nSPS) is 10.6. The molecule has 0 saturated heterocycles. The Balaban J connectivity index is 2.69. The molecule has 19 heavy (non-hydrogen) atoms. The third kappa shape index (κ3) is 4.12. The number of Topliss-reactive ketones (excluding diaryl/α,β-unsaturated/α-hetero) is 1. The molecule has 0 fully saturated rings. The number of hydrogen-bond acceptors (Lipinski definition) is 2. The van der Waals surface area contributed by atoms with E-state index in [1.54, 1.807) is 13.8 Å². The van der Waals surface area contributed by atoms with Crippen LogP contribution < -0.4 is 0 Å². The minimum Gasteiger partial charge on any atom is -0.341 e. The van der Waals surface area contributed by atoms with Crippen molar-refractivity contribution in [2.75, 3.05) is 7.05 Å². The van der Waals surface area contributed by atoms with E-state index in [-0.39, 0.29) is 30.2 Å². The molecule has 0 radical (unpaired) electrons. The summed E-state index contributed by atoms with van der Waals surface area (Å²) in [7, 11) is 1.46. The highest BCUT2D eigenvalue weighted by Gasteiger charge is 2.18. The Morgan fingerprint density at radius 1 is 1.26 bits per heavy atom. The van der Waals surface area contributed by atoms with E-state index in [9.17, 15) is 18.4 Å². The van der Waals surface area contributed by atoms with Gasteiger partial charge in [-0.3, -0.25) is 9.59 Å². The molecule has 1 rings (SSSR count). The van der Waals surface area contributed by atoms with Gasteiger partial charge in [0, 0.05) is 25.1 Å². The molecule has 0 aliphatic carbocycles. The van der Waals surface area contributed by atoms with E-state index >= 15 is 0 Å². The summed E-state index contributed by atoms with van der Waals surface area (Å²) >= 11 is 0. The first kappa shape index (κ1) is 15.3. The van der Waals surface area contributed by atoms with Crippen molar-refractivity contribution >= 4 is 11.7 Å². The number of nitrogens with zero attached hydrogens (tertiary/aromatic N) is 1. The number of carbonyl (C=O) groups is 2. The molecule has 0 aromatic heterocycles. The largest absolute Gasteiger partial charge is 0.341 e. The molecular formula is C14H17F2NO2. The van der Waals surface area contributed by atoms with Crippen molar-refractivity contribution in [3.8, 4) is 0 Å². The van der Waals surface area contributed by atoms with E-state index in [4.69, 9.17) is 0 Å². The van der Waals surface area contributed by atoms with Crippen molar-refractivity contribution in [1.82, 2.24) is 4.90 Å². The average Bonchev–Trinajstić information content (AvgIpc) is 2.34. The van der Waals surface area contributed by atoms with Crippen LogP contribution in [0.1, 0.15) is 25.8 Å². The van der Waals surface area contributed by atoms with E-state index < -0.39 is 17.5 Å². The molecule has 0 aliphatic heterocycles. The number of amides is 1. The lowest BCUT2D eigenvalue weighted by molar-refractivity contribution is -0.135. The first-order valence-electron chi connectivity index (χ1n) is 6.02. The Labute approximate surface area is 111 Å². The lowest BCUT2D eigenvalue weighted by Crippen LogP contribution is -2.29. The number of benzene rings is 1. The second-order valence-electron chi connectivity index (χ2n) is 4.76. The summed E-state index contributed by atoms with van der Waals surface area (Å²) in [5.41, 5.74) is 0.0906. The van der Waals surface area contributed by atoms with E-state index in [0.717, 1.165) is 6.07 Å². The lowest BCUT2D eigenvalue weighted by Gasteiger charge is -2.18. The van der Waals surface area contributed by atoms with Crippen LogP contribution in [0.25, 0.3) is 0 Å². The van der Waals surface area contributed by atoms with E-state index in [1.165, 1.54) is 24.1 Å². The van der Waals surface area contributed by atoms with Crippen molar-refractivity contribution in [2.45, 2.75) is 26.8 Å². The fourth-order valence-electron chi connectivity index (χ4n) is 1.50. The van der Waals surface area contributed by atoms with Crippen LogP contribution >= 0.6 is 0 Å². The van der Waals surface area contributed by atoms with Crippen molar-refractivity contribution in [3.63, 3.8) is 0 Å². The highest BCUT2D eigenvalue weighted by Crippen LogP contribution is 2.13. The summed E-state index contributed by atoms with van der Waals surface area (Å²) < 4.78 is 26.5. The summed E-state index contributed by atoms with van der Waals surface area (Å²) in [4.78, 5) is 24.4. The van der Waals surface area contributed by atoms with Crippen LogP contribution in [0.2, 0.25) is 0 Å². The molecule has 0 N–H and O–H groups in total. The Morgan fingerprint density at radius 3 is 2.47 bits per heavy atom. The van der Waals surface area contributed by atoms with Gasteiger partial charge in [-0.05, 0) is 6.07 Å². The van der Waals surface area contributed by atoms with Crippen molar-refractivity contribution < 1.29 is 18.4 Å². The molecule has 1 aromatic rings. The highest BCUT2D eigenvalue weighted by molar-refractivity contribution is 5.98. The Hall–Kier alpha value is -1.78. The van der Waals surface area contributed by atoms with E-state index in [1.807, 2.05) is 0 Å². The molecule has 1 aromatic carbocycles. The summed E-state index contributed by atoms with van der Waals surface area (Å²) in [5, 5.41) is 0. The number of rotatable bonds is 5. The second kappa shape index (κ2) is 6.41. The zero-order valence-corrected chi connectivity index (χ0v) is 11.2. The monoisotopic (exact) mass is 269 g/mol. The van der Waals surface area contributed by atoms with Gasteiger partial charge in [0.05, 0.1) is 6.42 Å². The molecular weight excluding hydrogens is 252 g/mol. The first-order valence-corrected chi connectivity index (χ1v) is 6.02. The van der Waals surface area contributed by atoms with Crippen LogP contribution in [0.4, 0.5) is 8.78 Å². The summed E-state index contributed by atoms with van der Waals surface area (Å²) in [6, 6.07) is 3.81. The molecule has 0 saturated carbocycles. The molecule has 104 valence electrons. The Morgan fingerprint density at radius 2 is 1.89 bits per heavy atom. The molecule has 0 unspecified atom stereocenters. The zero-order valence-electron chi connectivity index (χ0n) is 11.2. The van der Waals surface area contributed by atoms with Crippen LogP contribution in [0.5, 0.6) is 0 Å². The quantitative estimate of drug-likeness (QED) is 0.770. The number of ketones is 1. The third-order valence-corrected chi connectivity index (χ3v) is 2.83. The van der Waals surface area contributed by atoms with Crippen LogP contribution in [0, 0.1) is 17.6 Å². The van der Waals surface area contributed by atoms with Gasteiger partial charge in [0.25, 0.3) is 0 Å². The van der Waals surface area contributed by atoms with Gasteiger partial charge < -0.3 is 4.90 Å². The SMILES string of the molecule is CC(C)C(=O)CC(=O)N(C)Cc1cccc(F)c1F. The van der Waals surface area contributed by atoms with Crippen LogP contribution in [0.3, 0.4) is 0 Å². The van der Waals surface area contributed by atoms with Gasteiger partial charge in [-0.15, -0.1) is 0 Å². The minimum absolute atomic E-state index is 0.0617. The zero-order chi connectivity index (χ0) is 14.6. The van der Waals surface area contributed by atoms with Gasteiger partial charge in [-0.1, -0.05) is 26.0 Å². The van der Waals surface area contributed by atoms with E-state index in [2.05, 4.69) is 0 Å². The maximum absolute atomic E-state index is 13.4. The topological polar surface area (TPSA) is 37.4 Å². The van der Waals surface area contributed by atoms with Gasteiger partial charge in [-0.2, -0.15) is 0 Å². The van der Waals surface area contributed by atoms with Gasteiger partial charge in [0.2, 0.25) is 5.91 Å². The van der Waals surface area contributed by atoms with Crippen LogP contribution in [0.15, 0.2) is 18.2 Å². The van der Waals surface area contributed by atoms with Gasteiger partial charge >= 0.3 is 0 Å². The highest BCUT2D eigenvalue weighted by atomic mass is 19.2. The number of hydrogen-bond donors (Lipinski definition) is 0. The van der Waals surface area contributed by atoms with Crippen LogP contribution in [-0.4, -0.2) is 23.6 Å². The Bertz CT molecular complexity index is 486. The van der Waals surface area contributed by atoms with Crippen LogP contribution in [-0.2, 0) is 16.1 Å². The summed E-state index contributed by atoms with van der Waals surface area (Å²) in [6.45, 7) is 3.36. The third-order valence-electron chi connectivity index (χ3n) is 2.83. The summed E-state index contributed by atoms with van der Waals surface area (Å²) in [5.74, 6) is -2.70. The molecule has 5 heteroatoms. The molecule has 3 nitrogen and oxygen atoms in total. The molecule has 1 amide bonds. The first-order chi connectivity index (χ1) is 8.82. The molecule has 0 heterocycles. The molecule has 0 atom stereocenters. The van der Waals surface area contributed by atoms with Crippen molar-refractivity contribution in [1.29, 1.82) is 0 Å². The predicted octanol–water partition coefficient (Wildman–Crippen LogP) is 2.54. The molecule has 0 aliphatic rings. The lowest BCUT2D eigenvalue weighted by atomic mass is 10.1. The van der Waals surface area contributed by atoms with Gasteiger partial charge in [0.1, 0.15) is 5.78 Å². The minimum atomic E-state index is -0.961. The maximum atomic E-state index is 13.4. The number of halogens is 2. The molecule has 0 spiro atoms. The fourth-order valence-corrected chi connectivity index (χ4v) is 1.50. The second-order valence-corrected chi connectivity index (χ2v) is 4.76.